The average Bonchev–Trinajstić information content (AvgIpc) is 2.48. The average molecular weight is 286 g/mol. The number of amides is 2. The molecule has 0 unspecified atom stereocenters. The van der Waals surface area contributed by atoms with Crippen molar-refractivity contribution in [3.05, 3.63) is 29.8 Å². The lowest BCUT2D eigenvalue weighted by atomic mass is 10.2. The maximum absolute atomic E-state index is 12.0. The van der Waals surface area contributed by atoms with Crippen molar-refractivity contribution in [3.8, 4) is 6.07 Å². The molecule has 0 radical (unpaired) electrons. The fraction of sp³-hybridized carbons (Fsp3) is 0.400. The van der Waals surface area contributed by atoms with Gasteiger partial charge in [-0.1, -0.05) is 12.1 Å². The zero-order valence-electron chi connectivity index (χ0n) is 12.0. The smallest absolute Gasteiger partial charge is 0.238 e. The molecule has 6 heteroatoms. The van der Waals surface area contributed by atoms with E-state index in [0.717, 1.165) is 0 Å². The highest BCUT2D eigenvalue weighted by atomic mass is 16.2. The first-order chi connectivity index (χ1) is 10.1. The molecule has 1 aromatic rings. The Labute approximate surface area is 123 Å². The van der Waals surface area contributed by atoms with Gasteiger partial charge in [-0.15, -0.1) is 0 Å². The fourth-order valence-electron chi connectivity index (χ4n) is 2.30. The van der Waals surface area contributed by atoms with Crippen molar-refractivity contribution in [1.82, 2.24) is 9.80 Å². The van der Waals surface area contributed by atoms with Crippen LogP contribution >= 0.6 is 0 Å². The Morgan fingerprint density at radius 3 is 2.52 bits per heavy atom. The largest absolute Gasteiger partial charge is 0.340 e. The highest BCUT2D eigenvalue weighted by Gasteiger charge is 2.20. The first-order valence-electron chi connectivity index (χ1n) is 6.87. The molecular formula is C15H18N4O2. The molecule has 0 atom stereocenters. The Hall–Kier alpha value is -2.39. The Morgan fingerprint density at radius 2 is 1.90 bits per heavy atom. The Balaban J connectivity index is 1.86. The van der Waals surface area contributed by atoms with E-state index in [0.29, 0.717) is 37.4 Å². The van der Waals surface area contributed by atoms with Crippen LogP contribution in [0.2, 0.25) is 0 Å². The maximum atomic E-state index is 12.0. The molecule has 0 aromatic heterocycles. The molecule has 0 bridgehead atoms. The van der Waals surface area contributed by atoms with Gasteiger partial charge in [-0.25, -0.2) is 0 Å². The van der Waals surface area contributed by atoms with E-state index in [9.17, 15) is 9.59 Å². The molecule has 1 fully saturated rings. The molecule has 1 aliphatic heterocycles. The molecule has 1 N–H and O–H groups in total. The van der Waals surface area contributed by atoms with E-state index in [1.807, 2.05) is 4.90 Å². The summed E-state index contributed by atoms with van der Waals surface area (Å²) in [4.78, 5) is 27.0. The summed E-state index contributed by atoms with van der Waals surface area (Å²) in [5.41, 5.74) is 0.986. The monoisotopic (exact) mass is 286 g/mol. The Kier molecular flexibility index (Phi) is 4.90. The summed E-state index contributed by atoms with van der Waals surface area (Å²) in [5, 5.41) is 11.7. The molecule has 110 valence electrons. The van der Waals surface area contributed by atoms with Crippen LogP contribution in [-0.4, -0.2) is 54.3 Å². The van der Waals surface area contributed by atoms with Gasteiger partial charge in [-0.3, -0.25) is 14.5 Å². The summed E-state index contributed by atoms with van der Waals surface area (Å²) in [5.74, 6) is -0.0731. The number of rotatable bonds is 3. The van der Waals surface area contributed by atoms with E-state index in [-0.39, 0.29) is 18.4 Å². The van der Waals surface area contributed by atoms with Gasteiger partial charge in [0.05, 0.1) is 17.8 Å². The third kappa shape index (κ3) is 4.04. The second-order valence-corrected chi connectivity index (χ2v) is 4.99. The normalized spacial score (nSPS) is 15.3. The first kappa shape index (κ1) is 15.0. The summed E-state index contributed by atoms with van der Waals surface area (Å²) < 4.78 is 0. The van der Waals surface area contributed by atoms with Crippen molar-refractivity contribution in [2.24, 2.45) is 0 Å². The van der Waals surface area contributed by atoms with Crippen LogP contribution in [0.4, 0.5) is 5.69 Å². The van der Waals surface area contributed by atoms with Crippen LogP contribution in [0.3, 0.4) is 0 Å². The molecule has 1 saturated heterocycles. The van der Waals surface area contributed by atoms with E-state index in [1.165, 1.54) is 0 Å². The van der Waals surface area contributed by atoms with Crippen molar-refractivity contribution >= 4 is 17.5 Å². The van der Waals surface area contributed by atoms with Gasteiger partial charge < -0.3 is 10.2 Å². The standard InChI is InChI=1S/C15H18N4O2/c1-12(20)19-8-6-18(7-9-19)11-15(21)17-14-5-3-2-4-13(14)10-16/h2-5H,6-9,11H2,1H3,(H,17,21). The van der Waals surface area contributed by atoms with E-state index < -0.39 is 0 Å². The molecule has 2 amide bonds. The topological polar surface area (TPSA) is 76.4 Å². The zero-order chi connectivity index (χ0) is 15.2. The van der Waals surface area contributed by atoms with E-state index in [1.54, 1.807) is 36.1 Å². The van der Waals surface area contributed by atoms with Crippen LogP contribution in [-0.2, 0) is 9.59 Å². The fourth-order valence-corrected chi connectivity index (χ4v) is 2.30. The summed E-state index contributed by atoms with van der Waals surface area (Å²) in [6, 6.07) is 8.97. The van der Waals surface area contributed by atoms with E-state index >= 15 is 0 Å². The van der Waals surface area contributed by atoms with Gasteiger partial charge in [-0.05, 0) is 12.1 Å². The number of carbonyl (C=O) groups is 2. The lowest BCUT2D eigenvalue weighted by Crippen LogP contribution is -2.49. The second kappa shape index (κ2) is 6.86. The Bertz CT molecular complexity index is 571. The summed E-state index contributed by atoms with van der Waals surface area (Å²) in [6.45, 7) is 4.50. The summed E-state index contributed by atoms with van der Waals surface area (Å²) in [6.07, 6.45) is 0. The van der Waals surface area contributed by atoms with Gasteiger partial charge in [0.2, 0.25) is 11.8 Å². The molecular weight excluding hydrogens is 268 g/mol. The van der Waals surface area contributed by atoms with Gasteiger partial charge in [0.25, 0.3) is 0 Å². The van der Waals surface area contributed by atoms with Crippen LogP contribution in [0.5, 0.6) is 0 Å². The number of nitriles is 1. The Morgan fingerprint density at radius 1 is 1.24 bits per heavy atom. The molecule has 1 heterocycles. The van der Waals surface area contributed by atoms with Crippen molar-refractivity contribution in [2.45, 2.75) is 6.92 Å². The molecule has 6 nitrogen and oxygen atoms in total. The van der Waals surface area contributed by atoms with E-state index in [4.69, 9.17) is 5.26 Å². The quantitative estimate of drug-likeness (QED) is 0.885. The molecule has 21 heavy (non-hydrogen) atoms. The number of anilines is 1. The predicted octanol–water partition coefficient (Wildman–Crippen LogP) is 0.661. The molecule has 2 rings (SSSR count). The molecule has 1 aromatic carbocycles. The van der Waals surface area contributed by atoms with Gasteiger partial charge in [0.1, 0.15) is 6.07 Å². The number of carbonyl (C=O) groups excluding carboxylic acids is 2. The predicted molar refractivity (Wildman–Crippen MR) is 78.5 cm³/mol. The van der Waals surface area contributed by atoms with Crippen LogP contribution in [0, 0.1) is 11.3 Å². The minimum atomic E-state index is -0.144. The lowest BCUT2D eigenvalue weighted by Gasteiger charge is -2.33. The highest BCUT2D eigenvalue weighted by molar-refractivity contribution is 5.93. The van der Waals surface area contributed by atoms with E-state index in [2.05, 4.69) is 11.4 Å². The summed E-state index contributed by atoms with van der Waals surface area (Å²) in [7, 11) is 0. The minimum Gasteiger partial charge on any atom is -0.340 e. The van der Waals surface area contributed by atoms with Crippen LogP contribution in [0.15, 0.2) is 24.3 Å². The number of benzene rings is 1. The number of nitrogens with zero attached hydrogens (tertiary/aromatic N) is 3. The van der Waals surface area contributed by atoms with Gasteiger partial charge in [0, 0.05) is 33.1 Å². The van der Waals surface area contributed by atoms with Crippen molar-refractivity contribution < 1.29 is 9.59 Å². The SMILES string of the molecule is CC(=O)N1CCN(CC(=O)Nc2ccccc2C#N)CC1. The zero-order valence-corrected chi connectivity index (χ0v) is 12.0. The lowest BCUT2D eigenvalue weighted by molar-refractivity contribution is -0.130. The van der Waals surface area contributed by atoms with Crippen molar-refractivity contribution in [3.63, 3.8) is 0 Å². The molecule has 0 saturated carbocycles. The maximum Gasteiger partial charge on any atom is 0.238 e. The third-order valence-electron chi connectivity index (χ3n) is 3.51. The minimum absolute atomic E-state index is 0.0713. The number of hydrogen-bond acceptors (Lipinski definition) is 4. The molecule has 0 spiro atoms. The van der Waals surface area contributed by atoms with Gasteiger partial charge in [0.15, 0.2) is 0 Å². The number of piperazine rings is 1. The highest BCUT2D eigenvalue weighted by Crippen LogP contribution is 2.13. The van der Waals surface area contributed by atoms with Crippen LogP contribution in [0.1, 0.15) is 12.5 Å². The van der Waals surface area contributed by atoms with Crippen LogP contribution < -0.4 is 5.32 Å². The summed E-state index contributed by atoms with van der Waals surface area (Å²) >= 11 is 0. The first-order valence-corrected chi connectivity index (χ1v) is 6.87. The second-order valence-electron chi connectivity index (χ2n) is 4.99. The van der Waals surface area contributed by atoms with Crippen molar-refractivity contribution in [2.75, 3.05) is 38.0 Å². The number of hydrogen-bond donors (Lipinski definition) is 1. The molecule has 1 aliphatic rings. The van der Waals surface area contributed by atoms with Gasteiger partial charge >= 0.3 is 0 Å². The van der Waals surface area contributed by atoms with Crippen LogP contribution in [0.25, 0.3) is 0 Å². The number of nitrogens with one attached hydrogen (secondary N) is 1. The van der Waals surface area contributed by atoms with Gasteiger partial charge in [-0.2, -0.15) is 5.26 Å². The number of para-hydroxylation sites is 1. The van der Waals surface area contributed by atoms with Crippen molar-refractivity contribution in [1.29, 1.82) is 5.26 Å². The molecule has 0 aliphatic carbocycles. The third-order valence-corrected chi connectivity index (χ3v) is 3.51.